The van der Waals surface area contributed by atoms with Gasteiger partial charge in [0, 0.05) is 24.0 Å². The number of rotatable bonds is 6. The number of aromatic nitrogens is 1. The largest absolute Gasteiger partial charge is 0.430 e. The third kappa shape index (κ3) is 4.35. The fourth-order valence-electron chi connectivity index (χ4n) is 2.66. The molecular weight excluding hydrogens is 374 g/mol. The van der Waals surface area contributed by atoms with E-state index in [-0.39, 0.29) is 0 Å². The van der Waals surface area contributed by atoms with Crippen molar-refractivity contribution >= 4 is 5.69 Å². The van der Waals surface area contributed by atoms with Gasteiger partial charge in [0.2, 0.25) is 0 Å². The zero-order valence-corrected chi connectivity index (χ0v) is 14.3. The summed E-state index contributed by atoms with van der Waals surface area (Å²) < 4.78 is 77.8. The van der Waals surface area contributed by atoms with E-state index in [2.05, 4.69) is 4.98 Å². The molecule has 0 saturated carbocycles. The Hall–Kier alpha value is -2.29. The van der Waals surface area contributed by atoms with Crippen molar-refractivity contribution in [2.45, 2.75) is 37.8 Å². The molecule has 1 heterocycles. The maximum absolute atomic E-state index is 13.0. The molecule has 3 nitrogen and oxygen atoms in total. The summed E-state index contributed by atoms with van der Waals surface area (Å²) in [7, 11) is 0. The van der Waals surface area contributed by atoms with E-state index in [1.807, 2.05) is 6.92 Å². The maximum atomic E-state index is 13.0. The molecule has 1 aromatic carbocycles. The molecule has 0 atom stereocenters. The van der Waals surface area contributed by atoms with Gasteiger partial charge in [0.05, 0.1) is 12.2 Å². The van der Waals surface area contributed by atoms with E-state index in [4.69, 9.17) is 0 Å². The highest BCUT2D eigenvalue weighted by Gasteiger charge is 2.71. The van der Waals surface area contributed by atoms with Crippen molar-refractivity contribution in [3.05, 3.63) is 59.9 Å². The summed E-state index contributed by atoms with van der Waals surface area (Å²) in [6.45, 7) is 2.77. The van der Waals surface area contributed by atoms with Crippen molar-refractivity contribution in [3.63, 3.8) is 0 Å². The van der Waals surface area contributed by atoms with Crippen molar-refractivity contribution in [2.24, 2.45) is 0 Å². The van der Waals surface area contributed by atoms with E-state index in [1.165, 1.54) is 0 Å². The van der Waals surface area contributed by atoms with Crippen LogP contribution in [0, 0.1) is 0 Å². The number of hydrogen-bond acceptors (Lipinski definition) is 3. The van der Waals surface area contributed by atoms with Crippen molar-refractivity contribution in [1.29, 1.82) is 0 Å². The minimum absolute atomic E-state index is 0.344. The van der Waals surface area contributed by atoms with E-state index < -0.39 is 23.5 Å². The lowest BCUT2D eigenvalue weighted by Crippen LogP contribution is -2.53. The van der Waals surface area contributed by atoms with E-state index >= 15 is 0 Å². The fraction of sp³-hybridized carbons (Fsp3) is 0.389. The SMILES string of the molecule is CCCN(Cc1ccccn1)c1ccc(C(O)(C(F)(F)F)C(F)(F)F)cc1. The number of hydrogen-bond donors (Lipinski definition) is 1. The topological polar surface area (TPSA) is 36.4 Å². The van der Waals surface area contributed by atoms with Crippen LogP contribution in [0.15, 0.2) is 48.7 Å². The number of anilines is 1. The second-order valence-corrected chi connectivity index (χ2v) is 6.00. The minimum atomic E-state index is -5.90. The molecule has 0 bridgehead atoms. The van der Waals surface area contributed by atoms with Crippen LogP contribution in [-0.4, -0.2) is 29.0 Å². The van der Waals surface area contributed by atoms with Crippen molar-refractivity contribution < 1.29 is 31.4 Å². The van der Waals surface area contributed by atoms with Crippen LogP contribution in [0.25, 0.3) is 0 Å². The summed E-state index contributed by atoms with van der Waals surface area (Å²) in [4.78, 5) is 5.95. The molecule has 0 radical (unpaired) electrons. The molecule has 0 amide bonds. The van der Waals surface area contributed by atoms with Gasteiger partial charge < -0.3 is 10.0 Å². The molecule has 2 rings (SSSR count). The quantitative estimate of drug-likeness (QED) is 0.717. The number of alkyl halides is 6. The Morgan fingerprint density at radius 2 is 1.52 bits per heavy atom. The molecule has 0 saturated heterocycles. The highest BCUT2D eigenvalue weighted by Crippen LogP contribution is 2.50. The van der Waals surface area contributed by atoms with Gasteiger partial charge in [-0.05, 0) is 30.7 Å². The summed E-state index contributed by atoms with van der Waals surface area (Å²) in [5, 5.41) is 9.45. The summed E-state index contributed by atoms with van der Waals surface area (Å²) in [6, 6.07) is 8.85. The summed E-state index contributed by atoms with van der Waals surface area (Å²) in [6.07, 6.45) is -9.49. The monoisotopic (exact) mass is 392 g/mol. The third-order valence-corrected chi connectivity index (χ3v) is 4.04. The molecule has 27 heavy (non-hydrogen) atoms. The summed E-state index contributed by atoms with van der Waals surface area (Å²) >= 11 is 0. The normalized spacial score (nSPS) is 12.9. The van der Waals surface area contributed by atoms with Gasteiger partial charge in [-0.1, -0.05) is 25.1 Å². The average Bonchev–Trinajstić information content (AvgIpc) is 2.60. The molecule has 0 aliphatic heterocycles. The van der Waals surface area contributed by atoms with Crippen LogP contribution in [0.5, 0.6) is 0 Å². The molecule has 9 heteroatoms. The van der Waals surface area contributed by atoms with Crippen LogP contribution in [0.1, 0.15) is 24.6 Å². The number of pyridine rings is 1. The molecule has 0 unspecified atom stereocenters. The van der Waals surface area contributed by atoms with Crippen LogP contribution in [0.4, 0.5) is 32.0 Å². The Kier molecular flexibility index (Phi) is 6.04. The third-order valence-electron chi connectivity index (χ3n) is 4.04. The first kappa shape index (κ1) is 21.0. The average molecular weight is 392 g/mol. The van der Waals surface area contributed by atoms with Gasteiger partial charge in [0.1, 0.15) is 0 Å². The summed E-state index contributed by atoms with van der Waals surface area (Å²) in [5.41, 5.74) is -5.06. The molecule has 1 N–H and O–H groups in total. The van der Waals surface area contributed by atoms with Gasteiger partial charge in [0.15, 0.2) is 0 Å². The van der Waals surface area contributed by atoms with Crippen molar-refractivity contribution in [1.82, 2.24) is 4.98 Å². The molecule has 1 aromatic heterocycles. The Labute approximate surface area is 152 Å². The van der Waals surface area contributed by atoms with Crippen LogP contribution >= 0.6 is 0 Å². The van der Waals surface area contributed by atoms with Gasteiger partial charge in [-0.15, -0.1) is 0 Å². The predicted octanol–water partition coefficient (Wildman–Crippen LogP) is 4.81. The smallest absolute Gasteiger partial charge is 0.369 e. The zero-order valence-electron chi connectivity index (χ0n) is 14.3. The number of halogens is 6. The molecule has 0 fully saturated rings. The molecular formula is C18H18F6N2O. The Bertz CT molecular complexity index is 714. The first-order chi connectivity index (χ1) is 12.5. The first-order valence-electron chi connectivity index (χ1n) is 8.12. The highest BCUT2D eigenvalue weighted by molar-refractivity contribution is 5.49. The second kappa shape index (κ2) is 7.75. The number of aliphatic hydroxyl groups is 1. The standard InChI is InChI=1S/C18H18F6N2O/c1-2-11-26(12-14-5-3-4-10-25-14)15-8-6-13(7-9-15)16(27,17(19,20)21)18(22,23)24/h3-10,27H,2,11-12H2,1H3. The van der Waals surface area contributed by atoms with Crippen LogP contribution < -0.4 is 4.90 Å². The lowest BCUT2D eigenvalue weighted by Gasteiger charge is -2.33. The fourth-order valence-corrected chi connectivity index (χ4v) is 2.66. The maximum Gasteiger partial charge on any atom is 0.430 e. The molecule has 0 aliphatic rings. The van der Waals surface area contributed by atoms with Crippen LogP contribution in [0.3, 0.4) is 0 Å². The summed E-state index contributed by atoms with van der Waals surface area (Å²) in [5.74, 6) is 0. The van der Waals surface area contributed by atoms with Gasteiger partial charge in [-0.2, -0.15) is 26.3 Å². The van der Waals surface area contributed by atoms with Crippen LogP contribution in [0.2, 0.25) is 0 Å². The van der Waals surface area contributed by atoms with Crippen molar-refractivity contribution in [2.75, 3.05) is 11.4 Å². The first-order valence-corrected chi connectivity index (χ1v) is 8.12. The van der Waals surface area contributed by atoms with E-state index in [0.29, 0.717) is 43.0 Å². The van der Waals surface area contributed by atoms with Crippen LogP contribution in [-0.2, 0) is 12.1 Å². The lowest BCUT2D eigenvalue weighted by atomic mass is 9.92. The molecule has 2 aromatic rings. The van der Waals surface area contributed by atoms with Gasteiger partial charge >= 0.3 is 12.4 Å². The molecule has 0 spiro atoms. The zero-order chi connectivity index (χ0) is 20.3. The Morgan fingerprint density at radius 3 is 1.96 bits per heavy atom. The van der Waals surface area contributed by atoms with Gasteiger partial charge in [-0.3, -0.25) is 4.98 Å². The lowest BCUT2D eigenvalue weighted by molar-refractivity contribution is -0.376. The highest BCUT2D eigenvalue weighted by atomic mass is 19.4. The number of nitrogens with zero attached hydrogens (tertiary/aromatic N) is 2. The Balaban J connectivity index is 2.36. The molecule has 148 valence electrons. The van der Waals surface area contributed by atoms with E-state index in [9.17, 15) is 31.4 Å². The predicted molar refractivity (Wildman–Crippen MR) is 88.0 cm³/mol. The number of benzene rings is 1. The van der Waals surface area contributed by atoms with Gasteiger partial charge in [-0.25, -0.2) is 0 Å². The second-order valence-electron chi connectivity index (χ2n) is 6.00. The van der Waals surface area contributed by atoms with E-state index in [1.54, 1.807) is 29.3 Å². The minimum Gasteiger partial charge on any atom is -0.369 e. The molecule has 0 aliphatic carbocycles. The van der Waals surface area contributed by atoms with Crippen molar-refractivity contribution in [3.8, 4) is 0 Å². The van der Waals surface area contributed by atoms with Gasteiger partial charge in [0.25, 0.3) is 5.60 Å². The Morgan fingerprint density at radius 1 is 0.926 bits per heavy atom. The van der Waals surface area contributed by atoms with E-state index in [0.717, 1.165) is 12.1 Å².